The zero-order valence-electron chi connectivity index (χ0n) is 12.8. The second kappa shape index (κ2) is 8.44. The lowest BCUT2D eigenvalue weighted by Gasteiger charge is -2.17. The van der Waals surface area contributed by atoms with Gasteiger partial charge in [-0.25, -0.2) is 4.79 Å². The fourth-order valence-electron chi connectivity index (χ4n) is 1.99. The van der Waals surface area contributed by atoms with Crippen LogP contribution in [0.15, 0.2) is 59.8 Å². The Kier molecular flexibility index (Phi) is 6.27. The minimum absolute atomic E-state index is 0.0416. The first kappa shape index (κ1) is 16.4. The van der Waals surface area contributed by atoms with Crippen molar-refractivity contribution in [1.82, 2.24) is 15.6 Å². The topological polar surface area (TPSA) is 54.0 Å². The van der Waals surface area contributed by atoms with E-state index in [-0.39, 0.29) is 12.1 Å². The molecular formula is C17H21N3OS. The number of hydrogen-bond donors (Lipinski definition) is 2. The first-order chi connectivity index (χ1) is 10.6. The van der Waals surface area contributed by atoms with Crippen molar-refractivity contribution in [2.24, 2.45) is 0 Å². The number of urea groups is 1. The Morgan fingerprint density at radius 1 is 1.14 bits per heavy atom. The van der Waals surface area contributed by atoms with Crippen molar-refractivity contribution < 1.29 is 4.79 Å². The highest BCUT2D eigenvalue weighted by molar-refractivity contribution is 8.00. The zero-order chi connectivity index (χ0) is 15.8. The highest BCUT2D eigenvalue weighted by Gasteiger charge is 2.10. The largest absolute Gasteiger partial charge is 0.337 e. The SMILES string of the molecule is CC(CNC(=O)NC(C)c1ccncc1)Sc1ccccc1. The molecule has 2 N–H and O–H groups in total. The first-order valence-corrected chi connectivity index (χ1v) is 8.19. The van der Waals surface area contributed by atoms with Crippen molar-refractivity contribution in [3.05, 3.63) is 60.4 Å². The van der Waals surface area contributed by atoms with Gasteiger partial charge in [-0.1, -0.05) is 25.1 Å². The fourth-order valence-corrected chi connectivity index (χ4v) is 2.94. The predicted octanol–water partition coefficient (Wildman–Crippen LogP) is 3.62. The van der Waals surface area contributed by atoms with E-state index in [1.54, 1.807) is 24.2 Å². The monoisotopic (exact) mass is 315 g/mol. The molecule has 116 valence electrons. The number of amides is 2. The van der Waals surface area contributed by atoms with Crippen LogP contribution in [0, 0.1) is 0 Å². The van der Waals surface area contributed by atoms with E-state index in [0.29, 0.717) is 11.8 Å². The number of aromatic nitrogens is 1. The summed E-state index contributed by atoms with van der Waals surface area (Å²) in [5.41, 5.74) is 1.04. The number of thioether (sulfide) groups is 1. The van der Waals surface area contributed by atoms with Crippen molar-refractivity contribution in [2.45, 2.75) is 30.0 Å². The summed E-state index contributed by atoms with van der Waals surface area (Å²) in [5, 5.41) is 6.15. The van der Waals surface area contributed by atoms with Crippen LogP contribution in [0.5, 0.6) is 0 Å². The summed E-state index contributed by atoms with van der Waals surface area (Å²) < 4.78 is 0. The van der Waals surface area contributed by atoms with E-state index in [1.165, 1.54) is 4.90 Å². The van der Waals surface area contributed by atoms with Gasteiger partial charge in [0, 0.05) is 29.1 Å². The molecule has 22 heavy (non-hydrogen) atoms. The summed E-state index contributed by atoms with van der Waals surface area (Å²) in [6, 6.07) is 13.8. The molecule has 2 amide bonds. The van der Waals surface area contributed by atoms with Gasteiger partial charge in [0.15, 0.2) is 0 Å². The van der Waals surface area contributed by atoms with Crippen LogP contribution < -0.4 is 10.6 Å². The molecule has 1 aromatic carbocycles. The van der Waals surface area contributed by atoms with Crippen molar-refractivity contribution in [3.63, 3.8) is 0 Å². The molecule has 0 fully saturated rings. The number of pyridine rings is 1. The van der Waals surface area contributed by atoms with Gasteiger partial charge in [0.25, 0.3) is 0 Å². The molecule has 2 atom stereocenters. The lowest BCUT2D eigenvalue weighted by atomic mass is 10.1. The van der Waals surface area contributed by atoms with Gasteiger partial charge in [-0.2, -0.15) is 0 Å². The molecule has 0 aliphatic heterocycles. The zero-order valence-corrected chi connectivity index (χ0v) is 13.6. The van der Waals surface area contributed by atoms with Crippen LogP contribution in [0.2, 0.25) is 0 Å². The lowest BCUT2D eigenvalue weighted by Crippen LogP contribution is -2.39. The minimum Gasteiger partial charge on any atom is -0.337 e. The molecule has 4 nitrogen and oxygen atoms in total. The van der Waals surface area contributed by atoms with Crippen molar-refractivity contribution >= 4 is 17.8 Å². The van der Waals surface area contributed by atoms with Crippen LogP contribution in [-0.4, -0.2) is 22.8 Å². The molecule has 5 heteroatoms. The number of nitrogens with zero attached hydrogens (tertiary/aromatic N) is 1. The van der Waals surface area contributed by atoms with E-state index in [2.05, 4.69) is 34.7 Å². The van der Waals surface area contributed by atoms with Crippen molar-refractivity contribution in [2.75, 3.05) is 6.54 Å². The fraction of sp³-hybridized carbons (Fsp3) is 0.294. The summed E-state index contributed by atoms with van der Waals surface area (Å²) in [4.78, 5) is 17.1. The first-order valence-electron chi connectivity index (χ1n) is 7.31. The van der Waals surface area contributed by atoms with Crippen molar-refractivity contribution in [3.8, 4) is 0 Å². The number of hydrogen-bond acceptors (Lipinski definition) is 3. The number of rotatable bonds is 6. The van der Waals surface area contributed by atoms with Crippen LogP contribution in [0.4, 0.5) is 4.79 Å². The molecule has 0 aliphatic rings. The summed E-state index contributed by atoms with van der Waals surface area (Å²) in [7, 11) is 0. The maximum atomic E-state index is 11.9. The standard InChI is InChI=1S/C17H21N3OS/c1-13(22-16-6-4-3-5-7-16)12-19-17(21)20-14(2)15-8-10-18-11-9-15/h3-11,13-14H,12H2,1-2H3,(H2,19,20,21). The molecule has 2 unspecified atom stereocenters. The summed E-state index contributed by atoms with van der Waals surface area (Å²) in [6.45, 7) is 4.68. The molecule has 1 aromatic heterocycles. The van der Waals surface area contributed by atoms with Gasteiger partial charge in [0.05, 0.1) is 6.04 Å². The number of carbonyl (C=O) groups excluding carboxylic acids is 1. The molecular weight excluding hydrogens is 294 g/mol. The second-order valence-electron chi connectivity index (χ2n) is 5.10. The van der Waals surface area contributed by atoms with Gasteiger partial charge in [0.1, 0.15) is 0 Å². The molecule has 0 aliphatic carbocycles. The highest BCUT2D eigenvalue weighted by Crippen LogP contribution is 2.21. The summed E-state index contributed by atoms with van der Waals surface area (Å²) >= 11 is 1.75. The number of benzene rings is 1. The van der Waals surface area contributed by atoms with Gasteiger partial charge >= 0.3 is 6.03 Å². The number of nitrogens with one attached hydrogen (secondary N) is 2. The van der Waals surface area contributed by atoms with E-state index in [1.807, 2.05) is 37.3 Å². The van der Waals surface area contributed by atoms with Crippen LogP contribution in [0.25, 0.3) is 0 Å². The Morgan fingerprint density at radius 3 is 2.50 bits per heavy atom. The smallest absolute Gasteiger partial charge is 0.315 e. The Bertz CT molecular complexity index is 577. The predicted molar refractivity (Wildman–Crippen MR) is 90.9 cm³/mol. The van der Waals surface area contributed by atoms with Crippen LogP contribution in [0.3, 0.4) is 0 Å². The van der Waals surface area contributed by atoms with Gasteiger partial charge < -0.3 is 10.6 Å². The Balaban J connectivity index is 1.73. The minimum atomic E-state index is -0.148. The van der Waals surface area contributed by atoms with Crippen LogP contribution in [-0.2, 0) is 0 Å². The highest BCUT2D eigenvalue weighted by atomic mass is 32.2. The molecule has 0 saturated heterocycles. The molecule has 0 saturated carbocycles. The van der Waals surface area contributed by atoms with E-state index < -0.39 is 0 Å². The Labute approximate surface area is 135 Å². The summed E-state index contributed by atoms with van der Waals surface area (Å²) in [6.07, 6.45) is 3.45. The quantitative estimate of drug-likeness (QED) is 0.801. The molecule has 0 spiro atoms. The van der Waals surface area contributed by atoms with E-state index in [9.17, 15) is 4.79 Å². The van der Waals surface area contributed by atoms with Gasteiger partial charge in [-0.3, -0.25) is 4.98 Å². The third kappa shape index (κ3) is 5.41. The normalized spacial score (nSPS) is 13.2. The maximum Gasteiger partial charge on any atom is 0.315 e. The third-order valence-electron chi connectivity index (χ3n) is 3.18. The Hall–Kier alpha value is -2.01. The molecule has 2 aromatic rings. The molecule has 1 heterocycles. The van der Waals surface area contributed by atoms with Gasteiger partial charge in [-0.05, 0) is 36.8 Å². The average molecular weight is 315 g/mol. The maximum absolute atomic E-state index is 11.9. The van der Waals surface area contributed by atoms with Gasteiger partial charge in [0.2, 0.25) is 0 Å². The van der Waals surface area contributed by atoms with Gasteiger partial charge in [-0.15, -0.1) is 11.8 Å². The third-order valence-corrected chi connectivity index (χ3v) is 4.30. The average Bonchev–Trinajstić information content (AvgIpc) is 2.55. The lowest BCUT2D eigenvalue weighted by molar-refractivity contribution is 0.238. The molecule has 0 bridgehead atoms. The van der Waals surface area contributed by atoms with Crippen molar-refractivity contribution in [1.29, 1.82) is 0 Å². The van der Waals surface area contributed by atoms with E-state index >= 15 is 0 Å². The Morgan fingerprint density at radius 2 is 1.82 bits per heavy atom. The second-order valence-corrected chi connectivity index (χ2v) is 6.61. The number of carbonyl (C=O) groups is 1. The van der Waals surface area contributed by atoms with E-state index in [4.69, 9.17) is 0 Å². The summed E-state index contributed by atoms with van der Waals surface area (Å²) in [5.74, 6) is 0. The molecule has 0 radical (unpaired) electrons. The van der Waals surface area contributed by atoms with Crippen LogP contribution >= 0.6 is 11.8 Å². The molecule has 2 rings (SSSR count). The van der Waals surface area contributed by atoms with E-state index in [0.717, 1.165) is 5.56 Å². The van der Waals surface area contributed by atoms with Crippen LogP contribution in [0.1, 0.15) is 25.5 Å².